The molecule has 18 heavy (non-hydrogen) atoms. The topological polar surface area (TPSA) is 54.3 Å². The third-order valence-corrected chi connectivity index (χ3v) is 2.59. The molecule has 0 heterocycles. The van der Waals surface area contributed by atoms with E-state index in [9.17, 15) is 0 Å². The van der Waals surface area contributed by atoms with Gasteiger partial charge in [-0.15, -0.1) is 0 Å². The van der Waals surface area contributed by atoms with Crippen LogP contribution in [0.25, 0.3) is 0 Å². The lowest BCUT2D eigenvalue weighted by Gasteiger charge is -2.26. The predicted octanol–water partition coefficient (Wildman–Crippen LogP) is 2.35. The summed E-state index contributed by atoms with van der Waals surface area (Å²) in [5, 5.41) is 12.3. The first-order valence-corrected chi connectivity index (χ1v) is 6.79. The maximum absolute atomic E-state index is 9.14. The fourth-order valence-electron chi connectivity index (χ4n) is 1.81. The van der Waals surface area contributed by atoms with Gasteiger partial charge >= 0.3 is 0 Å². The van der Waals surface area contributed by atoms with Gasteiger partial charge in [-0.3, -0.25) is 5.32 Å². The summed E-state index contributed by atoms with van der Waals surface area (Å²) < 4.78 is 11.1. The standard InChI is InChI=1S/C14H28N2O2/c1-6-16-14(5,11-15)9-13(4)18-8-7-17-10-12(2)3/h12-13,16H,6-10H2,1-5H3. The second-order valence-electron chi connectivity index (χ2n) is 5.33. The molecule has 0 bridgehead atoms. The van der Waals surface area contributed by atoms with Gasteiger partial charge in [-0.2, -0.15) is 5.26 Å². The quantitative estimate of drug-likeness (QED) is 0.610. The number of hydrogen-bond acceptors (Lipinski definition) is 4. The Bertz CT molecular complexity index is 251. The van der Waals surface area contributed by atoms with E-state index in [2.05, 4.69) is 25.2 Å². The lowest BCUT2D eigenvalue weighted by molar-refractivity contribution is -0.00251. The Kier molecular flexibility index (Phi) is 8.99. The first-order valence-electron chi connectivity index (χ1n) is 6.79. The maximum atomic E-state index is 9.14. The molecule has 0 radical (unpaired) electrons. The highest BCUT2D eigenvalue weighted by atomic mass is 16.5. The van der Waals surface area contributed by atoms with Crippen molar-refractivity contribution in [1.29, 1.82) is 5.26 Å². The van der Waals surface area contributed by atoms with Crippen molar-refractivity contribution in [3.8, 4) is 6.07 Å². The van der Waals surface area contributed by atoms with E-state index in [0.717, 1.165) is 13.2 Å². The molecular formula is C14H28N2O2. The molecule has 4 heteroatoms. The van der Waals surface area contributed by atoms with E-state index in [1.807, 2.05) is 20.8 Å². The zero-order chi connectivity index (χ0) is 14.0. The molecule has 0 spiro atoms. The molecule has 0 aromatic carbocycles. The van der Waals surface area contributed by atoms with Gasteiger partial charge in [0.05, 0.1) is 25.4 Å². The van der Waals surface area contributed by atoms with Crippen molar-refractivity contribution < 1.29 is 9.47 Å². The van der Waals surface area contributed by atoms with Gasteiger partial charge in [-0.05, 0) is 26.3 Å². The van der Waals surface area contributed by atoms with Gasteiger partial charge in [-0.25, -0.2) is 0 Å². The van der Waals surface area contributed by atoms with Crippen LogP contribution in [-0.4, -0.2) is 38.0 Å². The zero-order valence-electron chi connectivity index (χ0n) is 12.5. The molecule has 106 valence electrons. The van der Waals surface area contributed by atoms with E-state index in [-0.39, 0.29) is 6.10 Å². The van der Waals surface area contributed by atoms with E-state index >= 15 is 0 Å². The third-order valence-electron chi connectivity index (χ3n) is 2.59. The smallest absolute Gasteiger partial charge is 0.106 e. The van der Waals surface area contributed by atoms with Crippen LogP contribution in [0.3, 0.4) is 0 Å². The van der Waals surface area contributed by atoms with Crippen molar-refractivity contribution in [3.63, 3.8) is 0 Å². The molecule has 0 aliphatic carbocycles. The van der Waals surface area contributed by atoms with Crippen LogP contribution in [0.1, 0.15) is 41.0 Å². The Balaban J connectivity index is 3.76. The van der Waals surface area contributed by atoms with Crippen LogP contribution < -0.4 is 5.32 Å². The van der Waals surface area contributed by atoms with Gasteiger partial charge in [0.2, 0.25) is 0 Å². The average Bonchev–Trinajstić information content (AvgIpc) is 2.28. The van der Waals surface area contributed by atoms with Gasteiger partial charge in [0, 0.05) is 13.0 Å². The van der Waals surface area contributed by atoms with Crippen molar-refractivity contribution in [3.05, 3.63) is 0 Å². The highest BCUT2D eigenvalue weighted by molar-refractivity contribution is 5.04. The maximum Gasteiger partial charge on any atom is 0.106 e. The van der Waals surface area contributed by atoms with Crippen LogP contribution in [0.15, 0.2) is 0 Å². The highest BCUT2D eigenvalue weighted by Crippen LogP contribution is 2.13. The van der Waals surface area contributed by atoms with Gasteiger partial charge < -0.3 is 9.47 Å². The monoisotopic (exact) mass is 256 g/mol. The largest absolute Gasteiger partial charge is 0.379 e. The molecule has 0 aliphatic heterocycles. The minimum atomic E-state index is -0.507. The molecule has 2 unspecified atom stereocenters. The second-order valence-corrected chi connectivity index (χ2v) is 5.33. The Morgan fingerprint density at radius 3 is 2.44 bits per heavy atom. The Hall–Kier alpha value is -0.630. The highest BCUT2D eigenvalue weighted by Gasteiger charge is 2.25. The van der Waals surface area contributed by atoms with Gasteiger partial charge in [0.1, 0.15) is 5.54 Å². The van der Waals surface area contributed by atoms with Gasteiger partial charge in [0.25, 0.3) is 0 Å². The van der Waals surface area contributed by atoms with Crippen molar-refractivity contribution in [2.45, 2.75) is 52.7 Å². The summed E-state index contributed by atoms with van der Waals surface area (Å²) in [4.78, 5) is 0. The summed E-state index contributed by atoms with van der Waals surface area (Å²) in [6, 6.07) is 2.30. The summed E-state index contributed by atoms with van der Waals surface area (Å²) in [6.07, 6.45) is 0.734. The van der Waals surface area contributed by atoms with Crippen molar-refractivity contribution in [1.82, 2.24) is 5.32 Å². The third kappa shape index (κ3) is 8.46. The number of ether oxygens (including phenoxy) is 2. The summed E-state index contributed by atoms with van der Waals surface area (Å²) >= 11 is 0. The lowest BCUT2D eigenvalue weighted by atomic mass is 9.96. The average molecular weight is 256 g/mol. The van der Waals surface area contributed by atoms with E-state index in [4.69, 9.17) is 14.7 Å². The summed E-state index contributed by atoms with van der Waals surface area (Å²) in [7, 11) is 0. The van der Waals surface area contributed by atoms with Crippen LogP contribution in [0.2, 0.25) is 0 Å². The molecular weight excluding hydrogens is 228 g/mol. The SMILES string of the molecule is CCNC(C)(C#N)CC(C)OCCOCC(C)C. The molecule has 0 aromatic rings. The molecule has 0 aliphatic rings. The molecule has 0 saturated heterocycles. The Labute approximate surface area is 112 Å². The number of rotatable bonds is 10. The normalized spacial score (nSPS) is 16.3. The number of nitrogens with zero attached hydrogens (tertiary/aromatic N) is 1. The van der Waals surface area contributed by atoms with Crippen LogP contribution in [0.5, 0.6) is 0 Å². The second kappa shape index (κ2) is 9.32. The van der Waals surface area contributed by atoms with Gasteiger partial charge in [-0.1, -0.05) is 20.8 Å². The van der Waals surface area contributed by atoms with Crippen LogP contribution in [0, 0.1) is 17.2 Å². The first kappa shape index (κ1) is 17.4. The van der Waals surface area contributed by atoms with E-state index in [1.165, 1.54) is 0 Å². The summed E-state index contributed by atoms with van der Waals surface area (Å²) in [5.41, 5.74) is -0.507. The molecule has 0 saturated carbocycles. The fraction of sp³-hybridized carbons (Fsp3) is 0.929. The molecule has 2 atom stereocenters. The van der Waals surface area contributed by atoms with Crippen molar-refractivity contribution >= 4 is 0 Å². The minimum Gasteiger partial charge on any atom is -0.379 e. The van der Waals surface area contributed by atoms with Crippen LogP contribution in [0.4, 0.5) is 0 Å². The molecule has 0 aromatic heterocycles. The molecule has 1 N–H and O–H groups in total. The van der Waals surface area contributed by atoms with Crippen LogP contribution >= 0.6 is 0 Å². The molecule has 0 fully saturated rings. The molecule has 0 rings (SSSR count). The number of nitriles is 1. The van der Waals surface area contributed by atoms with E-state index in [0.29, 0.717) is 25.6 Å². The Morgan fingerprint density at radius 2 is 1.94 bits per heavy atom. The first-order chi connectivity index (χ1) is 8.43. The van der Waals surface area contributed by atoms with E-state index in [1.54, 1.807) is 0 Å². The van der Waals surface area contributed by atoms with Crippen molar-refractivity contribution in [2.75, 3.05) is 26.4 Å². The van der Waals surface area contributed by atoms with Crippen LogP contribution in [-0.2, 0) is 9.47 Å². The van der Waals surface area contributed by atoms with Gasteiger partial charge in [0.15, 0.2) is 0 Å². The van der Waals surface area contributed by atoms with Crippen molar-refractivity contribution in [2.24, 2.45) is 5.92 Å². The molecule has 4 nitrogen and oxygen atoms in total. The fourth-order valence-corrected chi connectivity index (χ4v) is 1.81. The molecule has 0 amide bonds. The lowest BCUT2D eigenvalue weighted by Crippen LogP contribution is -2.43. The summed E-state index contributed by atoms with van der Waals surface area (Å²) in [6.45, 7) is 12.9. The Morgan fingerprint density at radius 1 is 1.28 bits per heavy atom. The summed E-state index contributed by atoms with van der Waals surface area (Å²) in [5.74, 6) is 0.554. The van der Waals surface area contributed by atoms with E-state index < -0.39 is 5.54 Å². The zero-order valence-corrected chi connectivity index (χ0v) is 12.5. The number of nitrogens with one attached hydrogen (secondary N) is 1. The predicted molar refractivity (Wildman–Crippen MR) is 73.4 cm³/mol. The minimum absolute atomic E-state index is 0.0522. The number of hydrogen-bond donors (Lipinski definition) is 1.